The van der Waals surface area contributed by atoms with Crippen molar-refractivity contribution in [3.05, 3.63) is 16.5 Å². The molecular weight excluding hydrogens is 196 g/mol. The Morgan fingerprint density at radius 1 is 1.36 bits per heavy atom. The van der Waals surface area contributed by atoms with E-state index in [-0.39, 0.29) is 4.75 Å². The van der Waals surface area contributed by atoms with E-state index < -0.39 is 0 Å². The second-order valence-electron chi connectivity index (χ2n) is 3.27. The topological polar surface area (TPSA) is 0 Å². The molecule has 1 rings (SSSR count). The van der Waals surface area contributed by atoms with Crippen molar-refractivity contribution in [1.82, 2.24) is 0 Å². The fraction of sp³-hybridized carbons (Fsp3) is 0.500. The Morgan fingerprint density at radius 2 is 2.00 bits per heavy atom. The van der Waals surface area contributed by atoms with E-state index in [0.717, 1.165) is 4.34 Å². The summed E-state index contributed by atoms with van der Waals surface area (Å²) in [6.45, 7) is 6.60. The Kier molecular flexibility index (Phi) is 2.90. The average molecular weight is 207 g/mol. The van der Waals surface area contributed by atoms with Gasteiger partial charge < -0.3 is 0 Å². The number of thioether (sulfide) groups is 1. The van der Waals surface area contributed by atoms with Crippen molar-refractivity contribution >= 4 is 34.7 Å². The van der Waals surface area contributed by atoms with Crippen LogP contribution in [0.5, 0.6) is 0 Å². The summed E-state index contributed by atoms with van der Waals surface area (Å²) >= 11 is 9.29. The first-order valence-corrected chi connectivity index (χ1v) is 5.43. The molecule has 1 aromatic rings. The number of rotatable bonds is 1. The van der Waals surface area contributed by atoms with E-state index >= 15 is 0 Å². The first-order valence-electron chi connectivity index (χ1n) is 3.42. The van der Waals surface area contributed by atoms with E-state index in [4.69, 9.17) is 11.6 Å². The van der Waals surface area contributed by atoms with Gasteiger partial charge in [-0.2, -0.15) is 0 Å². The largest absolute Gasteiger partial charge is 0.117 e. The molecule has 0 atom stereocenters. The SMILES string of the molecule is CC(C)(C)Sc1ccc(Cl)s1. The van der Waals surface area contributed by atoms with Crippen LogP contribution < -0.4 is 0 Å². The quantitative estimate of drug-likeness (QED) is 0.618. The molecule has 0 amide bonds. The van der Waals surface area contributed by atoms with Crippen LogP contribution in [-0.2, 0) is 0 Å². The van der Waals surface area contributed by atoms with Gasteiger partial charge in [-0.1, -0.05) is 32.4 Å². The summed E-state index contributed by atoms with van der Waals surface area (Å²) in [4.78, 5) is 0. The minimum Gasteiger partial charge on any atom is -0.117 e. The Balaban J connectivity index is 2.65. The lowest BCUT2D eigenvalue weighted by atomic mass is 10.3. The van der Waals surface area contributed by atoms with Crippen molar-refractivity contribution in [2.24, 2.45) is 0 Å². The molecule has 62 valence electrons. The molecule has 3 heteroatoms. The second-order valence-corrected chi connectivity index (χ2v) is 7.12. The summed E-state index contributed by atoms with van der Waals surface area (Å²) in [5.41, 5.74) is 0. The zero-order chi connectivity index (χ0) is 8.48. The molecule has 11 heavy (non-hydrogen) atoms. The van der Waals surface area contributed by atoms with Gasteiger partial charge in [0.1, 0.15) is 0 Å². The molecule has 0 aliphatic heterocycles. The monoisotopic (exact) mass is 206 g/mol. The molecular formula is C8H11ClS2. The highest BCUT2D eigenvalue weighted by molar-refractivity contribution is 8.02. The number of hydrogen-bond acceptors (Lipinski definition) is 2. The summed E-state index contributed by atoms with van der Waals surface area (Å²) in [5.74, 6) is 0. The Labute approximate surface area is 81.0 Å². The first-order chi connectivity index (χ1) is 4.97. The van der Waals surface area contributed by atoms with E-state index in [2.05, 4.69) is 26.8 Å². The first kappa shape index (κ1) is 9.43. The van der Waals surface area contributed by atoms with Crippen LogP contribution >= 0.6 is 34.7 Å². The van der Waals surface area contributed by atoms with E-state index in [0.29, 0.717) is 0 Å². The highest BCUT2D eigenvalue weighted by atomic mass is 35.5. The molecule has 1 heterocycles. The Morgan fingerprint density at radius 3 is 2.36 bits per heavy atom. The third kappa shape index (κ3) is 3.50. The summed E-state index contributed by atoms with van der Waals surface area (Å²) in [6.07, 6.45) is 0. The van der Waals surface area contributed by atoms with Crippen LogP contribution in [0.25, 0.3) is 0 Å². The molecule has 0 saturated heterocycles. The lowest BCUT2D eigenvalue weighted by molar-refractivity contribution is 0.804. The maximum Gasteiger partial charge on any atom is 0.0940 e. The molecule has 0 spiro atoms. The zero-order valence-corrected chi connectivity index (χ0v) is 9.24. The summed E-state index contributed by atoms with van der Waals surface area (Å²) in [6, 6.07) is 4.02. The normalized spacial score (nSPS) is 12.0. The van der Waals surface area contributed by atoms with Crippen molar-refractivity contribution in [3.63, 3.8) is 0 Å². The van der Waals surface area contributed by atoms with Crippen LogP contribution in [0.4, 0.5) is 0 Å². The Bertz CT molecular complexity index is 234. The Hall–Kier alpha value is 0.340. The molecule has 0 bridgehead atoms. The number of hydrogen-bond donors (Lipinski definition) is 0. The van der Waals surface area contributed by atoms with E-state index in [1.165, 1.54) is 4.21 Å². The predicted molar refractivity (Wildman–Crippen MR) is 54.9 cm³/mol. The zero-order valence-electron chi connectivity index (χ0n) is 6.85. The van der Waals surface area contributed by atoms with Crippen LogP contribution in [0.15, 0.2) is 16.3 Å². The van der Waals surface area contributed by atoms with Crippen molar-refractivity contribution in [1.29, 1.82) is 0 Å². The van der Waals surface area contributed by atoms with Gasteiger partial charge in [-0.15, -0.1) is 23.1 Å². The molecule has 0 fully saturated rings. The maximum absolute atomic E-state index is 5.79. The van der Waals surface area contributed by atoms with Gasteiger partial charge >= 0.3 is 0 Å². The standard InChI is InChI=1S/C8H11ClS2/c1-8(2,3)11-7-5-4-6(9)10-7/h4-5H,1-3H3. The van der Waals surface area contributed by atoms with Crippen molar-refractivity contribution in [2.75, 3.05) is 0 Å². The second kappa shape index (κ2) is 3.38. The van der Waals surface area contributed by atoms with Crippen molar-refractivity contribution in [3.8, 4) is 0 Å². The number of halogens is 1. The highest BCUT2D eigenvalue weighted by Gasteiger charge is 2.12. The number of thiophene rings is 1. The molecule has 0 unspecified atom stereocenters. The van der Waals surface area contributed by atoms with Gasteiger partial charge in [0.2, 0.25) is 0 Å². The van der Waals surface area contributed by atoms with Crippen LogP contribution in [0.3, 0.4) is 0 Å². The van der Waals surface area contributed by atoms with Crippen molar-refractivity contribution < 1.29 is 0 Å². The third-order valence-corrected chi connectivity index (χ3v) is 3.43. The molecule has 0 radical (unpaired) electrons. The maximum atomic E-state index is 5.79. The van der Waals surface area contributed by atoms with Crippen molar-refractivity contribution in [2.45, 2.75) is 29.7 Å². The highest BCUT2D eigenvalue weighted by Crippen LogP contribution is 2.37. The molecule has 0 aliphatic rings. The molecule has 0 aromatic carbocycles. The predicted octanol–water partition coefficient (Wildman–Crippen LogP) is 4.29. The third-order valence-electron chi connectivity index (χ3n) is 0.955. The van der Waals surface area contributed by atoms with Gasteiger partial charge in [-0.05, 0) is 12.1 Å². The van der Waals surface area contributed by atoms with Gasteiger partial charge in [0.25, 0.3) is 0 Å². The van der Waals surface area contributed by atoms with Gasteiger partial charge in [0.05, 0.1) is 8.55 Å². The fourth-order valence-electron chi connectivity index (χ4n) is 0.654. The van der Waals surface area contributed by atoms with Crippen LogP contribution in [0.1, 0.15) is 20.8 Å². The van der Waals surface area contributed by atoms with Gasteiger partial charge in [0.15, 0.2) is 0 Å². The summed E-state index contributed by atoms with van der Waals surface area (Å²) in [7, 11) is 0. The molecule has 0 nitrogen and oxygen atoms in total. The minimum absolute atomic E-state index is 0.286. The summed E-state index contributed by atoms with van der Waals surface area (Å²) in [5, 5.41) is 0. The minimum atomic E-state index is 0.286. The summed E-state index contributed by atoms with van der Waals surface area (Å²) < 4.78 is 2.45. The van der Waals surface area contributed by atoms with Crippen LogP contribution in [0.2, 0.25) is 4.34 Å². The molecule has 0 aliphatic carbocycles. The molecule has 1 aromatic heterocycles. The van der Waals surface area contributed by atoms with Gasteiger partial charge in [-0.3, -0.25) is 0 Å². The van der Waals surface area contributed by atoms with Gasteiger partial charge in [0, 0.05) is 4.75 Å². The van der Waals surface area contributed by atoms with E-state index in [1.807, 2.05) is 17.8 Å². The lowest BCUT2D eigenvalue weighted by Crippen LogP contribution is -2.05. The van der Waals surface area contributed by atoms with Gasteiger partial charge in [-0.25, -0.2) is 0 Å². The smallest absolute Gasteiger partial charge is 0.0940 e. The lowest BCUT2D eigenvalue weighted by Gasteiger charge is -2.15. The molecule has 0 N–H and O–H groups in total. The van der Waals surface area contributed by atoms with E-state index in [1.54, 1.807) is 11.3 Å². The van der Waals surface area contributed by atoms with Crippen LogP contribution in [0, 0.1) is 0 Å². The average Bonchev–Trinajstić information content (AvgIpc) is 2.10. The fourth-order valence-corrected chi connectivity index (χ4v) is 3.49. The van der Waals surface area contributed by atoms with E-state index in [9.17, 15) is 0 Å². The molecule has 0 saturated carbocycles. The van der Waals surface area contributed by atoms with Crippen LogP contribution in [-0.4, -0.2) is 4.75 Å².